The first-order chi connectivity index (χ1) is 21.6. The molecule has 4 aromatic carbocycles. The van der Waals surface area contributed by atoms with Crippen LogP contribution in [-0.4, -0.2) is 50.4 Å². The van der Waals surface area contributed by atoms with Crippen LogP contribution in [0.2, 0.25) is 0 Å². The predicted octanol–water partition coefficient (Wildman–Crippen LogP) is 5.75. The molecule has 0 fully saturated rings. The smallest absolute Gasteiger partial charge is 0.264 e. The molecule has 0 radical (unpaired) electrons. The Labute approximate surface area is 266 Å². The Hall–Kier alpha value is -4.63. The van der Waals surface area contributed by atoms with E-state index in [0.717, 1.165) is 21.0 Å². The molecule has 8 nitrogen and oxygen atoms in total. The lowest BCUT2D eigenvalue weighted by molar-refractivity contribution is -0.140. The molecule has 0 aromatic heterocycles. The average Bonchev–Trinajstić information content (AvgIpc) is 3.02. The predicted molar refractivity (Wildman–Crippen MR) is 178 cm³/mol. The third-order valence-electron chi connectivity index (χ3n) is 7.18. The molecule has 2 amide bonds. The minimum atomic E-state index is -4.19. The lowest BCUT2D eigenvalue weighted by Crippen LogP contribution is -2.54. The number of aryl methyl sites for hydroxylation is 1. The van der Waals surface area contributed by atoms with Gasteiger partial charge in [-0.15, -0.1) is 0 Å². The minimum absolute atomic E-state index is 0.0197. The van der Waals surface area contributed by atoms with E-state index in [9.17, 15) is 18.0 Å². The highest BCUT2D eigenvalue weighted by Gasteiger charge is 2.34. The summed E-state index contributed by atoms with van der Waals surface area (Å²) in [6, 6.07) is 30.8. The molecule has 0 heterocycles. The Morgan fingerprint density at radius 3 is 2.04 bits per heavy atom. The van der Waals surface area contributed by atoms with Gasteiger partial charge in [0.05, 0.1) is 17.2 Å². The van der Waals surface area contributed by atoms with Gasteiger partial charge in [0.15, 0.2) is 0 Å². The maximum Gasteiger partial charge on any atom is 0.264 e. The van der Waals surface area contributed by atoms with Crippen molar-refractivity contribution in [2.24, 2.45) is 0 Å². The van der Waals surface area contributed by atoms with E-state index in [4.69, 9.17) is 4.74 Å². The molecule has 9 heteroatoms. The summed E-state index contributed by atoms with van der Waals surface area (Å²) in [4.78, 5) is 29.8. The summed E-state index contributed by atoms with van der Waals surface area (Å²) in [6.45, 7) is 7.60. The number of nitrogens with one attached hydrogen (secondary N) is 1. The van der Waals surface area contributed by atoms with Crippen LogP contribution in [0.25, 0.3) is 0 Å². The number of rotatable bonds is 14. The maximum atomic E-state index is 14.5. The number of sulfonamides is 1. The summed E-state index contributed by atoms with van der Waals surface area (Å²) >= 11 is 0. The number of nitrogens with zero attached hydrogens (tertiary/aromatic N) is 2. The van der Waals surface area contributed by atoms with Crippen LogP contribution >= 0.6 is 0 Å². The van der Waals surface area contributed by atoms with E-state index in [1.807, 2.05) is 82.3 Å². The van der Waals surface area contributed by atoms with E-state index in [-0.39, 0.29) is 29.8 Å². The lowest BCUT2D eigenvalue weighted by atomic mass is 10.0. The first kappa shape index (κ1) is 33.3. The molecule has 0 aliphatic rings. The number of benzene rings is 4. The normalized spacial score (nSPS) is 11.9. The molecule has 0 spiro atoms. The molecule has 0 saturated carbocycles. The first-order valence-corrected chi connectivity index (χ1v) is 16.5. The number of carbonyl (C=O) groups excluding carboxylic acids is 2. The number of ether oxygens (including phenoxy) is 1. The summed E-state index contributed by atoms with van der Waals surface area (Å²) < 4.78 is 34.9. The third-order valence-corrected chi connectivity index (χ3v) is 8.97. The zero-order valence-electron chi connectivity index (χ0n) is 26.2. The van der Waals surface area contributed by atoms with E-state index in [0.29, 0.717) is 18.0 Å². The molecule has 1 N–H and O–H groups in total. The number of amides is 2. The second kappa shape index (κ2) is 15.4. The van der Waals surface area contributed by atoms with Crippen LogP contribution in [0.5, 0.6) is 5.75 Å². The summed E-state index contributed by atoms with van der Waals surface area (Å²) in [5.74, 6) is -0.270. The number of hydrogen-bond acceptors (Lipinski definition) is 5. The molecule has 4 rings (SSSR count). The van der Waals surface area contributed by atoms with E-state index in [2.05, 4.69) is 5.32 Å². The number of carbonyl (C=O) groups is 2. The summed E-state index contributed by atoms with van der Waals surface area (Å²) in [5, 5.41) is 2.98. The van der Waals surface area contributed by atoms with Gasteiger partial charge < -0.3 is 15.0 Å². The Kier molecular flexibility index (Phi) is 11.4. The summed E-state index contributed by atoms with van der Waals surface area (Å²) in [5.41, 5.74) is 3.06. The topological polar surface area (TPSA) is 96.0 Å². The molecule has 236 valence electrons. The van der Waals surface area contributed by atoms with Gasteiger partial charge in [-0.2, -0.15) is 0 Å². The molecular weight excluding hydrogens is 586 g/mol. The van der Waals surface area contributed by atoms with Crippen LogP contribution in [0.15, 0.2) is 114 Å². The maximum absolute atomic E-state index is 14.5. The molecule has 0 aliphatic heterocycles. The highest BCUT2D eigenvalue weighted by atomic mass is 32.2. The van der Waals surface area contributed by atoms with Crippen molar-refractivity contribution in [3.8, 4) is 5.75 Å². The molecule has 1 atom stereocenters. The van der Waals surface area contributed by atoms with Gasteiger partial charge in [0.2, 0.25) is 11.8 Å². The largest absolute Gasteiger partial charge is 0.494 e. The monoisotopic (exact) mass is 627 g/mol. The molecular formula is C36H41N3O5S. The van der Waals surface area contributed by atoms with Gasteiger partial charge >= 0.3 is 0 Å². The molecule has 4 aromatic rings. The fourth-order valence-corrected chi connectivity index (χ4v) is 6.48. The zero-order chi connectivity index (χ0) is 32.4. The van der Waals surface area contributed by atoms with Gasteiger partial charge in [-0.25, -0.2) is 8.42 Å². The molecule has 0 saturated heterocycles. The zero-order valence-corrected chi connectivity index (χ0v) is 27.0. The van der Waals surface area contributed by atoms with Gasteiger partial charge in [0, 0.05) is 19.0 Å². The van der Waals surface area contributed by atoms with Gasteiger partial charge in [-0.3, -0.25) is 13.9 Å². The van der Waals surface area contributed by atoms with Crippen LogP contribution in [0, 0.1) is 6.92 Å². The summed E-state index contributed by atoms with van der Waals surface area (Å²) in [7, 11) is -4.19. The van der Waals surface area contributed by atoms with Crippen LogP contribution < -0.4 is 14.4 Å². The van der Waals surface area contributed by atoms with E-state index < -0.39 is 28.5 Å². The van der Waals surface area contributed by atoms with Crippen molar-refractivity contribution < 1.29 is 22.7 Å². The Morgan fingerprint density at radius 2 is 1.44 bits per heavy atom. The Morgan fingerprint density at radius 1 is 0.822 bits per heavy atom. The molecule has 0 unspecified atom stereocenters. The standard InChI is InChI=1S/C36H41N3O5S/c1-5-44-32-19-21-33(22-20-32)45(42,43)39(31-17-10-7-11-18-31)26-35(40)38(25-30-16-12-13-28(4)23-30)34(36(41)37-27(2)3)24-29-14-8-6-9-15-29/h6-23,27,34H,5,24-26H2,1-4H3,(H,37,41)/t34-/m1/s1. The Bertz CT molecular complexity index is 1660. The van der Waals surface area contributed by atoms with Crippen molar-refractivity contribution in [2.75, 3.05) is 17.5 Å². The number of para-hydroxylation sites is 1. The minimum Gasteiger partial charge on any atom is -0.494 e. The lowest BCUT2D eigenvalue weighted by Gasteiger charge is -2.34. The fourth-order valence-electron chi connectivity index (χ4n) is 5.07. The van der Waals surface area contributed by atoms with Crippen molar-refractivity contribution in [3.05, 3.63) is 126 Å². The number of anilines is 1. The van der Waals surface area contributed by atoms with Crippen LogP contribution in [0.3, 0.4) is 0 Å². The molecule has 0 bridgehead atoms. The fraction of sp³-hybridized carbons (Fsp3) is 0.278. The van der Waals surface area contributed by atoms with Crippen LogP contribution in [0.1, 0.15) is 37.5 Å². The van der Waals surface area contributed by atoms with Gasteiger partial charge in [0.1, 0.15) is 18.3 Å². The quantitative estimate of drug-likeness (QED) is 0.192. The SMILES string of the molecule is CCOc1ccc(S(=O)(=O)N(CC(=O)N(Cc2cccc(C)c2)[C@H](Cc2ccccc2)C(=O)NC(C)C)c2ccccc2)cc1. The van der Waals surface area contributed by atoms with Gasteiger partial charge in [0.25, 0.3) is 10.0 Å². The highest BCUT2D eigenvalue weighted by molar-refractivity contribution is 7.92. The number of hydrogen-bond donors (Lipinski definition) is 1. The van der Waals surface area contributed by atoms with Crippen molar-refractivity contribution in [1.82, 2.24) is 10.2 Å². The van der Waals surface area contributed by atoms with E-state index in [1.165, 1.54) is 17.0 Å². The van der Waals surface area contributed by atoms with Gasteiger partial charge in [-0.05, 0) is 75.2 Å². The van der Waals surface area contributed by atoms with Crippen molar-refractivity contribution in [3.63, 3.8) is 0 Å². The van der Waals surface area contributed by atoms with Crippen LogP contribution in [-0.2, 0) is 32.6 Å². The van der Waals surface area contributed by atoms with Gasteiger partial charge in [-0.1, -0.05) is 78.4 Å². The van der Waals surface area contributed by atoms with E-state index in [1.54, 1.807) is 42.5 Å². The van der Waals surface area contributed by atoms with E-state index >= 15 is 0 Å². The van der Waals surface area contributed by atoms with Crippen molar-refractivity contribution in [2.45, 2.75) is 57.6 Å². The van der Waals surface area contributed by atoms with Crippen molar-refractivity contribution >= 4 is 27.5 Å². The second-order valence-corrected chi connectivity index (χ2v) is 13.0. The molecule has 45 heavy (non-hydrogen) atoms. The second-order valence-electron chi connectivity index (χ2n) is 11.1. The molecule has 0 aliphatic carbocycles. The van der Waals surface area contributed by atoms with Crippen LogP contribution in [0.4, 0.5) is 5.69 Å². The average molecular weight is 628 g/mol. The Balaban J connectivity index is 1.78. The summed E-state index contributed by atoms with van der Waals surface area (Å²) in [6.07, 6.45) is 0.258. The third kappa shape index (κ3) is 8.95. The first-order valence-electron chi connectivity index (χ1n) is 15.1. The van der Waals surface area contributed by atoms with Crippen molar-refractivity contribution in [1.29, 1.82) is 0 Å². The highest BCUT2D eigenvalue weighted by Crippen LogP contribution is 2.26.